The number of amides is 2. The van der Waals surface area contributed by atoms with Crippen LogP contribution in [0.15, 0.2) is 24.3 Å². The number of aryl methyl sites for hydroxylation is 1. The summed E-state index contributed by atoms with van der Waals surface area (Å²) in [7, 11) is 1.75. The van der Waals surface area contributed by atoms with E-state index in [2.05, 4.69) is 26.2 Å². The number of halogens is 1. The summed E-state index contributed by atoms with van der Waals surface area (Å²) >= 11 is 5.97. The van der Waals surface area contributed by atoms with Crippen molar-refractivity contribution in [1.82, 2.24) is 30.8 Å². The third kappa shape index (κ3) is 3.67. The van der Waals surface area contributed by atoms with E-state index in [-0.39, 0.29) is 18.1 Å². The molecule has 2 unspecified atom stereocenters. The zero-order chi connectivity index (χ0) is 17.1. The number of hydrogen-bond donors (Lipinski definition) is 2. The predicted molar refractivity (Wildman–Crippen MR) is 90.4 cm³/mol. The number of rotatable bonds is 5. The standard InChI is InChI=1S/C16H21ClN6O/c1-10(15-20-21-22-23(15)2)18-16(24)19-14(11-4-3-5-11)12-6-8-13(17)9-7-12/h6-11,14H,3-5H2,1-2H3,(H2,18,19,24). The van der Waals surface area contributed by atoms with Gasteiger partial charge in [0.15, 0.2) is 5.82 Å². The van der Waals surface area contributed by atoms with E-state index in [1.165, 1.54) is 6.42 Å². The van der Waals surface area contributed by atoms with Crippen LogP contribution >= 0.6 is 11.6 Å². The molecule has 128 valence electrons. The highest BCUT2D eigenvalue weighted by atomic mass is 35.5. The van der Waals surface area contributed by atoms with Gasteiger partial charge in [-0.1, -0.05) is 30.2 Å². The van der Waals surface area contributed by atoms with Gasteiger partial charge in [-0.3, -0.25) is 0 Å². The zero-order valence-corrected chi connectivity index (χ0v) is 14.5. The molecule has 0 radical (unpaired) electrons. The monoisotopic (exact) mass is 348 g/mol. The van der Waals surface area contributed by atoms with Crippen molar-refractivity contribution in [2.75, 3.05) is 0 Å². The van der Waals surface area contributed by atoms with Crippen molar-refractivity contribution < 1.29 is 4.79 Å². The van der Waals surface area contributed by atoms with Gasteiger partial charge < -0.3 is 10.6 Å². The molecule has 2 aromatic rings. The first-order valence-electron chi connectivity index (χ1n) is 8.09. The molecule has 1 aliphatic rings. The summed E-state index contributed by atoms with van der Waals surface area (Å²) in [5.74, 6) is 1.07. The van der Waals surface area contributed by atoms with Crippen LogP contribution in [0.4, 0.5) is 4.79 Å². The summed E-state index contributed by atoms with van der Waals surface area (Å²) in [5, 5.41) is 18.0. The number of nitrogens with zero attached hydrogens (tertiary/aromatic N) is 4. The van der Waals surface area contributed by atoms with E-state index in [9.17, 15) is 4.79 Å². The molecule has 7 nitrogen and oxygen atoms in total. The normalized spacial score (nSPS) is 17.0. The third-order valence-electron chi connectivity index (χ3n) is 4.52. The average molecular weight is 349 g/mol. The molecule has 8 heteroatoms. The molecule has 1 aromatic carbocycles. The molecule has 1 aliphatic carbocycles. The number of carbonyl (C=O) groups excluding carboxylic acids is 1. The highest BCUT2D eigenvalue weighted by Crippen LogP contribution is 2.38. The minimum atomic E-state index is -0.280. The Hall–Kier alpha value is -2.15. The van der Waals surface area contributed by atoms with Gasteiger partial charge in [-0.05, 0) is 53.8 Å². The second kappa shape index (κ2) is 7.17. The maximum absolute atomic E-state index is 12.4. The van der Waals surface area contributed by atoms with E-state index in [1.54, 1.807) is 11.7 Å². The van der Waals surface area contributed by atoms with Gasteiger partial charge in [0.05, 0.1) is 12.1 Å². The molecule has 0 aliphatic heterocycles. The van der Waals surface area contributed by atoms with Crippen LogP contribution in [-0.2, 0) is 7.05 Å². The summed E-state index contributed by atoms with van der Waals surface area (Å²) in [5.41, 5.74) is 1.08. The fraction of sp³-hybridized carbons (Fsp3) is 0.500. The molecule has 0 bridgehead atoms. The number of hydrogen-bond acceptors (Lipinski definition) is 4. The van der Waals surface area contributed by atoms with E-state index in [1.807, 2.05) is 31.2 Å². The quantitative estimate of drug-likeness (QED) is 0.870. The van der Waals surface area contributed by atoms with E-state index < -0.39 is 0 Å². The zero-order valence-electron chi connectivity index (χ0n) is 13.7. The maximum Gasteiger partial charge on any atom is 0.315 e. The van der Waals surface area contributed by atoms with Crippen LogP contribution < -0.4 is 10.6 Å². The third-order valence-corrected chi connectivity index (χ3v) is 4.78. The first kappa shape index (κ1) is 16.7. The molecular formula is C16H21ClN6O. The molecule has 1 fully saturated rings. The lowest BCUT2D eigenvalue weighted by Gasteiger charge is -2.35. The Morgan fingerprint density at radius 1 is 1.29 bits per heavy atom. The van der Waals surface area contributed by atoms with Crippen LogP contribution in [0.2, 0.25) is 5.02 Å². The van der Waals surface area contributed by atoms with Gasteiger partial charge in [0.2, 0.25) is 0 Å². The van der Waals surface area contributed by atoms with Crippen LogP contribution in [0.3, 0.4) is 0 Å². The number of carbonyl (C=O) groups is 1. The summed E-state index contributed by atoms with van der Waals surface area (Å²) in [4.78, 5) is 12.4. The van der Waals surface area contributed by atoms with Crippen molar-refractivity contribution >= 4 is 17.6 Å². The number of urea groups is 1. The van der Waals surface area contributed by atoms with Crippen molar-refractivity contribution in [3.05, 3.63) is 40.7 Å². The first-order valence-corrected chi connectivity index (χ1v) is 8.47. The molecule has 2 atom stereocenters. The Bertz CT molecular complexity index is 697. The van der Waals surface area contributed by atoms with Crippen molar-refractivity contribution in [1.29, 1.82) is 0 Å². The van der Waals surface area contributed by atoms with Crippen molar-refractivity contribution in [2.24, 2.45) is 13.0 Å². The molecule has 24 heavy (non-hydrogen) atoms. The van der Waals surface area contributed by atoms with Crippen LogP contribution in [0, 0.1) is 5.92 Å². The average Bonchev–Trinajstić information content (AvgIpc) is 2.92. The van der Waals surface area contributed by atoms with Gasteiger partial charge in [-0.15, -0.1) is 5.10 Å². The molecule has 1 aromatic heterocycles. The van der Waals surface area contributed by atoms with Gasteiger partial charge >= 0.3 is 6.03 Å². The lowest BCUT2D eigenvalue weighted by atomic mass is 9.77. The van der Waals surface area contributed by atoms with Gasteiger partial charge in [0.25, 0.3) is 0 Å². The molecule has 2 N–H and O–H groups in total. The topological polar surface area (TPSA) is 84.7 Å². The summed E-state index contributed by atoms with van der Waals surface area (Å²) in [6.07, 6.45) is 3.45. The van der Waals surface area contributed by atoms with Crippen LogP contribution in [0.1, 0.15) is 49.7 Å². The first-order chi connectivity index (χ1) is 11.5. The molecule has 2 amide bonds. The van der Waals surface area contributed by atoms with Gasteiger partial charge in [-0.25, -0.2) is 9.48 Å². The van der Waals surface area contributed by atoms with Crippen molar-refractivity contribution in [3.8, 4) is 0 Å². The molecule has 1 saturated carbocycles. The number of aromatic nitrogens is 4. The van der Waals surface area contributed by atoms with Crippen LogP contribution in [0.5, 0.6) is 0 Å². The molecule has 1 heterocycles. The minimum absolute atomic E-state index is 0.0131. The Morgan fingerprint density at radius 3 is 2.54 bits per heavy atom. The fourth-order valence-electron chi connectivity index (χ4n) is 2.96. The summed E-state index contributed by atoms with van der Waals surface area (Å²) in [6.45, 7) is 1.85. The molecular weight excluding hydrogens is 328 g/mol. The lowest BCUT2D eigenvalue weighted by molar-refractivity contribution is 0.205. The summed E-state index contributed by atoms with van der Waals surface area (Å²) < 4.78 is 1.55. The minimum Gasteiger partial charge on any atom is -0.331 e. The summed E-state index contributed by atoms with van der Waals surface area (Å²) in [6, 6.07) is 7.14. The van der Waals surface area contributed by atoms with E-state index in [0.29, 0.717) is 16.8 Å². The highest BCUT2D eigenvalue weighted by Gasteiger charge is 2.30. The van der Waals surface area contributed by atoms with E-state index in [0.717, 1.165) is 18.4 Å². The Labute approximate surface area is 145 Å². The number of benzene rings is 1. The molecule has 3 rings (SSSR count). The van der Waals surface area contributed by atoms with Gasteiger partial charge in [-0.2, -0.15) is 0 Å². The van der Waals surface area contributed by atoms with Gasteiger partial charge in [0.1, 0.15) is 0 Å². The highest BCUT2D eigenvalue weighted by molar-refractivity contribution is 6.30. The Morgan fingerprint density at radius 2 is 2.00 bits per heavy atom. The predicted octanol–water partition coefficient (Wildman–Crippen LogP) is 2.77. The number of tetrazole rings is 1. The van der Waals surface area contributed by atoms with Crippen molar-refractivity contribution in [2.45, 2.75) is 38.3 Å². The number of nitrogens with one attached hydrogen (secondary N) is 2. The Kier molecular flexibility index (Phi) is 4.99. The Balaban J connectivity index is 1.67. The molecule has 0 saturated heterocycles. The van der Waals surface area contributed by atoms with Crippen molar-refractivity contribution in [3.63, 3.8) is 0 Å². The SMILES string of the molecule is CC(NC(=O)NC(c1ccc(Cl)cc1)C1CCC1)c1nnnn1C. The lowest BCUT2D eigenvalue weighted by Crippen LogP contribution is -2.43. The largest absolute Gasteiger partial charge is 0.331 e. The van der Waals surface area contributed by atoms with Gasteiger partial charge in [0, 0.05) is 12.1 Å². The second-order valence-corrected chi connectivity index (χ2v) is 6.66. The smallest absolute Gasteiger partial charge is 0.315 e. The van der Waals surface area contributed by atoms with E-state index in [4.69, 9.17) is 11.6 Å². The fourth-order valence-corrected chi connectivity index (χ4v) is 3.09. The second-order valence-electron chi connectivity index (χ2n) is 6.22. The molecule has 0 spiro atoms. The van der Waals surface area contributed by atoms with E-state index >= 15 is 0 Å². The van der Waals surface area contributed by atoms with Crippen LogP contribution in [-0.4, -0.2) is 26.2 Å². The maximum atomic E-state index is 12.4. The van der Waals surface area contributed by atoms with Crippen LogP contribution in [0.25, 0.3) is 0 Å².